The molecule has 1 aromatic heterocycles. The number of amides is 1. The Morgan fingerprint density at radius 2 is 2.13 bits per heavy atom. The summed E-state index contributed by atoms with van der Waals surface area (Å²) in [5, 5.41) is 0. The Kier molecular flexibility index (Phi) is 4.98. The number of carbonyl (C=O) groups excluding carboxylic acids is 1. The number of aryl methyl sites for hydroxylation is 1. The van der Waals surface area contributed by atoms with Crippen molar-refractivity contribution in [3.63, 3.8) is 0 Å². The topological polar surface area (TPSA) is 32.8 Å². The maximum Gasteiger partial charge on any atom is 0.236 e. The molecule has 5 heteroatoms. The van der Waals surface area contributed by atoms with Gasteiger partial charge in [-0.25, -0.2) is 0 Å². The Hall–Kier alpha value is -1.85. The van der Waals surface area contributed by atoms with Gasteiger partial charge in [-0.15, -0.1) is 11.3 Å². The van der Waals surface area contributed by atoms with Crippen molar-refractivity contribution in [3.05, 3.63) is 51.7 Å². The highest BCUT2D eigenvalue weighted by Gasteiger charge is 2.19. The Morgan fingerprint density at radius 3 is 2.91 bits per heavy atom. The number of likely N-dealkylation sites (N-methyl/N-ethyl adjacent to an activating group) is 1. The normalized spacial score (nSPS) is 14.7. The van der Waals surface area contributed by atoms with Gasteiger partial charge in [0.05, 0.1) is 13.1 Å². The molecule has 3 rings (SSSR count). The molecule has 1 aliphatic rings. The Morgan fingerprint density at radius 1 is 1.30 bits per heavy atom. The largest absolute Gasteiger partial charge is 0.492 e. The summed E-state index contributed by atoms with van der Waals surface area (Å²) in [6.45, 7) is 5.35. The van der Waals surface area contributed by atoms with Crippen LogP contribution in [0, 0.1) is 6.92 Å². The third-order valence-electron chi connectivity index (χ3n) is 4.01. The third kappa shape index (κ3) is 4.12. The number of nitrogens with zero attached hydrogens (tertiary/aromatic N) is 2. The molecule has 0 bridgehead atoms. The lowest BCUT2D eigenvalue weighted by Crippen LogP contribution is -2.38. The van der Waals surface area contributed by atoms with Crippen LogP contribution in [0.15, 0.2) is 36.4 Å². The van der Waals surface area contributed by atoms with E-state index >= 15 is 0 Å². The maximum absolute atomic E-state index is 12.5. The summed E-state index contributed by atoms with van der Waals surface area (Å²) in [6.07, 6.45) is 0. The molecular formula is C18H22N2O2S. The predicted octanol–water partition coefficient (Wildman–Crippen LogP) is 2.91. The summed E-state index contributed by atoms with van der Waals surface area (Å²) < 4.78 is 5.75. The molecule has 0 fully saturated rings. The lowest BCUT2D eigenvalue weighted by Gasteiger charge is -2.23. The quantitative estimate of drug-likeness (QED) is 0.864. The van der Waals surface area contributed by atoms with Crippen LogP contribution in [0.3, 0.4) is 0 Å². The van der Waals surface area contributed by atoms with Crippen LogP contribution in [-0.2, 0) is 17.9 Å². The Balaban J connectivity index is 1.59. The van der Waals surface area contributed by atoms with Gasteiger partial charge in [0.25, 0.3) is 0 Å². The number of hydrogen-bond acceptors (Lipinski definition) is 4. The first-order valence-electron chi connectivity index (χ1n) is 7.84. The van der Waals surface area contributed by atoms with Crippen LogP contribution in [0.5, 0.6) is 5.75 Å². The van der Waals surface area contributed by atoms with Gasteiger partial charge in [0.1, 0.15) is 12.4 Å². The highest BCUT2D eigenvalue weighted by Crippen LogP contribution is 2.22. The minimum Gasteiger partial charge on any atom is -0.492 e. The molecule has 0 saturated carbocycles. The van der Waals surface area contributed by atoms with Crippen molar-refractivity contribution in [2.24, 2.45) is 0 Å². The first kappa shape index (κ1) is 16.0. The first-order chi connectivity index (χ1) is 11.1. The van der Waals surface area contributed by atoms with Crippen LogP contribution in [0.25, 0.3) is 0 Å². The Labute approximate surface area is 141 Å². The van der Waals surface area contributed by atoms with E-state index in [4.69, 9.17) is 4.74 Å². The molecule has 4 nitrogen and oxygen atoms in total. The molecule has 0 radical (unpaired) electrons. The number of hydrogen-bond donors (Lipinski definition) is 0. The number of ether oxygens (including phenoxy) is 1. The number of fused-ring (bicyclic) bond motifs is 1. The van der Waals surface area contributed by atoms with Crippen LogP contribution in [0.1, 0.15) is 15.3 Å². The molecule has 0 atom stereocenters. The van der Waals surface area contributed by atoms with Gasteiger partial charge in [0, 0.05) is 35.5 Å². The summed E-state index contributed by atoms with van der Waals surface area (Å²) in [5.41, 5.74) is 1.15. The molecule has 122 valence electrons. The summed E-state index contributed by atoms with van der Waals surface area (Å²) in [5.74, 6) is 1.08. The lowest BCUT2D eigenvalue weighted by atomic mass is 10.2. The van der Waals surface area contributed by atoms with E-state index in [0.29, 0.717) is 19.7 Å². The van der Waals surface area contributed by atoms with Gasteiger partial charge in [-0.2, -0.15) is 0 Å². The van der Waals surface area contributed by atoms with Crippen molar-refractivity contribution in [2.75, 3.05) is 26.7 Å². The molecule has 2 aromatic rings. The monoisotopic (exact) mass is 330 g/mol. The molecule has 1 aliphatic heterocycles. The van der Waals surface area contributed by atoms with Crippen LogP contribution in [0.4, 0.5) is 0 Å². The molecule has 0 saturated heterocycles. The molecule has 0 unspecified atom stereocenters. The average molecular weight is 330 g/mol. The second-order valence-electron chi connectivity index (χ2n) is 5.93. The van der Waals surface area contributed by atoms with Crippen molar-refractivity contribution >= 4 is 17.2 Å². The molecule has 0 aliphatic carbocycles. The minimum absolute atomic E-state index is 0.149. The molecular weight excluding hydrogens is 308 g/mol. The van der Waals surface area contributed by atoms with Crippen molar-refractivity contribution in [3.8, 4) is 5.75 Å². The summed E-state index contributed by atoms with van der Waals surface area (Å²) in [7, 11) is 1.87. The van der Waals surface area contributed by atoms with Crippen molar-refractivity contribution < 1.29 is 9.53 Å². The predicted molar refractivity (Wildman–Crippen MR) is 92.7 cm³/mol. The molecule has 0 N–H and O–H groups in total. The van der Waals surface area contributed by atoms with Gasteiger partial charge in [-0.1, -0.05) is 18.2 Å². The lowest BCUT2D eigenvalue weighted by molar-refractivity contribution is -0.131. The smallest absolute Gasteiger partial charge is 0.236 e. The molecule has 23 heavy (non-hydrogen) atoms. The third-order valence-corrected chi connectivity index (χ3v) is 4.99. The first-order valence-corrected chi connectivity index (χ1v) is 8.66. The van der Waals surface area contributed by atoms with Gasteiger partial charge in [0.2, 0.25) is 5.91 Å². The van der Waals surface area contributed by atoms with Crippen LogP contribution in [-0.4, -0.2) is 42.5 Å². The van der Waals surface area contributed by atoms with E-state index in [-0.39, 0.29) is 5.91 Å². The molecule has 1 aromatic carbocycles. The number of rotatable bonds is 4. The van der Waals surface area contributed by atoms with Crippen molar-refractivity contribution in [1.29, 1.82) is 0 Å². The molecule has 1 amide bonds. The van der Waals surface area contributed by atoms with Crippen molar-refractivity contribution in [1.82, 2.24) is 9.80 Å². The van der Waals surface area contributed by atoms with E-state index in [1.807, 2.05) is 30.1 Å². The number of para-hydroxylation sites is 1. The summed E-state index contributed by atoms with van der Waals surface area (Å²) in [6, 6.07) is 12.2. The Bertz CT molecular complexity index is 683. The van der Waals surface area contributed by atoms with Gasteiger partial charge >= 0.3 is 0 Å². The molecule has 0 spiro atoms. The zero-order chi connectivity index (χ0) is 16.2. The van der Waals surface area contributed by atoms with Gasteiger partial charge in [-0.3, -0.25) is 9.69 Å². The van der Waals surface area contributed by atoms with Crippen LogP contribution < -0.4 is 4.74 Å². The fourth-order valence-electron chi connectivity index (χ4n) is 2.72. The van der Waals surface area contributed by atoms with E-state index in [1.165, 1.54) is 9.75 Å². The van der Waals surface area contributed by atoms with E-state index in [0.717, 1.165) is 24.4 Å². The highest BCUT2D eigenvalue weighted by atomic mass is 32.1. The second kappa shape index (κ2) is 7.15. The van der Waals surface area contributed by atoms with E-state index < -0.39 is 0 Å². The van der Waals surface area contributed by atoms with E-state index in [2.05, 4.69) is 30.0 Å². The number of carbonyl (C=O) groups is 1. The minimum atomic E-state index is 0.149. The summed E-state index contributed by atoms with van der Waals surface area (Å²) in [4.78, 5) is 19.0. The zero-order valence-electron chi connectivity index (χ0n) is 13.6. The number of benzene rings is 1. The highest BCUT2D eigenvalue weighted by molar-refractivity contribution is 7.11. The van der Waals surface area contributed by atoms with Gasteiger partial charge in [-0.05, 0) is 25.1 Å². The van der Waals surface area contributed by atoms with Gasteiger partial charge in [0.15, 0.2) is 0 Å². The van der Waals surface area contributed by atoms with E-state index in [9.17, 15) is 4.79 Å². The van der Waals surface area contributed by atoms with Crippen molar-refractivity contribution in [2.45, 2.75) is 20.0 Å². The second-order valence-corrected chi connectivity index (χ2v) is 7.30. The standard InChI is InChI=1S/C18H22N2O2S/c1-14-7-8-16(23-14)12-19(2)18(21)13-20-9-10-22-17-6-4-3-5-15(17)11-20/h3-8H,9-13H2,1-2H3. The number of thiophene rings is 1. The fraction of sp³-hybridized carbons (Fsp3) is 0.389. The van der Waals surface area contributed by atoms with Crippen LogP contribution >= 0.6 is 11.3 Å². The van der Waals surface area contributed by atoms with Crippen LogP contribution in [0.2, 0.25) is 0 Å². The zero-order valence-corrected chi connectivity index (χ0v) is 14.4. The SMILES string of the molecule is Cc1ccc(CN(C)C(=O)CN2CCOc3ccccc3C2)s1. The average Bonchev–Trinajstić information content (AvgIpc) is 2.82. The maximum atomic E-state index is 12.5. The fourth-order valence-corrected chi connectivity index (χ4v) is 3.66. The molecule has 2 heterocycles. The summed E-state index contributed by atoms with van der Waals surface area (Å²) >= 11 is 1.75. The van der Waals surface area contributed by atoms with E-state index in [1.54, 1.807) is 11.3 Å². The van der Waals surface area contributed by atoms with Gasteiger partial charge < -0.3 is 9.64 Å².